The molecule has 0 spiro atoms. The molecule has 0 aromatic heterocycles. The minimum absolute atomic E-state index is 0.182. The van der Waals surface area contributed by atoms with Crippen LogP contribution >= 0.6 is 12.2 Å². The van der Waals surface area contributed by atoms with Crippen LogP contribution in [0.15, 0.2) is 96.0 Å². The molecule has 0 unspecified atom stereocenters. The zero-order valence-corrected chi connectivity index (χ0v) is 17.8. The van der Waals surface area contributed by atoms with Gasteiger partial charge in [-0.3, -0.25) is 0 Å². The van der Waals surface area contributed by atoms with Gasteiger partial charge in [0.15, 0.2) is 0 Å². The Balaban J connectivity index is 1.99. The summed E-state index contributed by atoms with van der Waals surface area (Å²) in [5.41, 5.74) is 2.61. The SMILES string of the molecule is CC(C)N1C(=S)C(c2ccccc2)(c2ccccc2)N(C)C1=Nc1ccccc1. The number of rotatable bonds is 4. The van der Waals surface area contributed by atoms with E-state index in [0.717, 1.165) is 27.8 Å². The van der Waals surface area contributed by atoms with E-state index in [-0.39, 0.29) is 6.04 Å². The first-order chi connectivity index (χ1) is 14.1. The van der Waals surface area contributed by atoms with E-state index in [2.05, 4.69) is 79.2 Å². The first-order valence-electron chi connectivity index (χ1n) is 9.89. The molecular formula is C25H25N3S. The minimum Gasteiger partial charge on any atom is -0.325 e. The molecule has 4 rings (SSSR count). The van der Waals surface area contributed by atoms with E-state index in [1.807, 2.05) is 42.5 Å². The molecule has 1 saturated heterocycles. The van der Waals surface area contributed by atoms with Gasteiger partial charge in [0.25, 0.3) is 0 Å². The molecule has 4 heteroatoms. The van der Waals surface area contributed by atoms with Crippen LogP contribution in [0.1, 0.15) is 25.0 Å². The predicted octanol–water partition coefficient (Wildman–Crippen LogP) is 5.60. The van der Waals surface area contributed by atoms with Crippen LogP contribution in [-0.2, 0) is 5.54 Å². The van der Waals surface area contributed by atoms with Crippen molar-refractivity contribution in [3.05, 3.63) is 102 Å². The summed E-state index contributed by atoms with van der Waals surface area (Å²) in [4.78, 5) is 10.3. The van der Waals surface area contributed by atoms with Gasteiger partial charge in [-0.25, -0.2) is 4.99 Å². The summed E-state index contributed by atoms with van der Waals surface area (Å²) in [5, 5.41) is 0. The van der Waals surface area contributed by atoms with Crippen LogP contribution in [0.3, 0.4) is 0 Å². The largest absolute Gasteiger partial charge is 0.325 e. The van der Waals surface area contributed by atoms with Crippen molar-refractivity contribution in [1.29, 1.82) is 0 Å². The van der Waals surface area contributed by atoms with Gasteiger partial charge in [-0.1, -0.05) is 91.1 Å². The lowest BCUT2D eigenvalue weighted by molar-refractivity contribution is 0.370. The fraction of sp³-hybridized carbons (Fsp3) is 0.200. The summed E-state index contributed by atoms with van der Waals surface area (Å²) >= 11 is 6.19. The number of likely N-dealkylation sites (N-methyl/N-ethyl adjacent to an activating group) is 1. The number of nitrogens with zero attached hydrogens (tertiary/aromatic N) is 3. The molecule has 1 fully saturated rings. The number of guanidine groups is 1. The normalized spacial score (nSPS) is 17.4. The summed E-state index contributed by atoms with van der Waals surface area (Å²) in [7, 11) is 2.09. The van der Waals surface area contributed by atoms with Crippen LogP contribution in [0.25, 0.3) is 0 Å². The van der Waals surface area contributed by atoms with Gasteiger partial charge in [-0.15, -0.1) is 0 Å². The summed E-state index contributed by atoms with van der Waals surface area (Å²) in [6.45, 7) is 4.32. The van der Waals surface area contributed by atoms with Gasteiger partial charge < -0.3 is 9.80 Å². The van der Waals surface area contributed by atoms with E-state index in [4.69, 9.17) is 17.2 Å². The Labute approximate surface area is 178 Å². The van der Waals surface area contributed by atoms with Crippen molar-refractivity contribution in [3.63, 3.8) is 0 Å². The quantitative estimate of drug-likeness (QED) is 0.532. The third-order valence-electron chi connectivity index (χ3n) is 5.43. The highest BCUT2D eigenvalue weighted by molar-refractivity contribution is 7.80. The Morgan fingerprint density at radius 1 is 0.759 bits per heavy atom. The van der Waals surface area contributed by atoms with Crippen LogP contribution < -0.4 is 0 Å². The highest BCUT2D eigenvalue weighted by atomic mass is 32.1. The van der Waals surface area contributed by atoms with Crippen molar-refractivity contribution < 1.29 is 0 Å². The molecule has 1 aliphatic heterocycles. The van der Waals surface area contributed by atoms with E-state index in [9.17, 15) is 0 Å². The van der Waals surface area contributed by atoms with Gasteiger partial charge in [0.2, 0.25) is 5.96 Å². The molecule has 0 aliphatic carbocycles. The second kappa shape index (κ2) is 7.80. The molecule has 0 bridgehead atoms. The van der Waals surface area contributed by atoms with Crippen molar-refractivity contribution in [2.45, 2.75) is 25.4 Å². The van der Waals surface area contributed by atoms with Crippen molar-refractivity contribution in [1.82, 2.24) is 9.80 Å². The number of benzene rings is 3. The van der Waals surface area contributed by atoms with Gasteiger partial charge in [0.05, 0.1) is 5.69 Å². The number of para-hydroxylation sites is 1. The molecule has 3 nitrogen and oxygen atoms in total. The maximum Gasteiger partial charge on any atom is 0.208 e. The first-order valence-corrected chi connectivity index (χ1v) is 10.3. The third kappa shape index (κ3) is 3.14. The lowest BCUT2D eigenvalue weighted by Crippen LogP contribution is -2.45. The van der Waals surface area contributed by atoms with Crippen LogP contribution in [0.4, 0.5) is 5.69 Å². The Hall–Kier alpha value is -2.98. The molecule has 0 amide bonds. The number of aliphatic imine (C=N–C) groups is 1. The Bertz CT molecular complexity index is 974. The van der Waals surface area contributed by atoms with Crippen LogP contribution in [0, 0.1) is 0 Å². The first kappa shape index (κ1) is 19.3. The van der Waals surface area contributed by atoms with E-state index >= 15 is 0 Å². The maximum atomic E-state index is 6.19. The molecule has 0 N–H and O–H groups in total. The Morgan fingerprint density at radius 3 is 1.66 bits per heavy atom. The van der Waals surface area contributed by atoms with Gasteiger partial charge >= 0.3 is 0 Å². The number of hydrogen-bond donors (Lipinski definition) is 0. The van der Waals surface area contributed by atoms with Crippen molar-refractivity contribution in [2.24, 2.45) is 4.99 Å². The number of thiocarbonyl (C=S) groups is 1. The predicted molar refractivity (Wildman–Crippen MR) is 125 cm³/mol. The zero-order valence-electron chi connectivity index (χ0n) is 17.0. The second-order valence-electron chi connectivity index (χ2n) is 7.52. The highest BCUT2D eigenvalue weighted by Gasteiger charge is 2.54. The van der Waals surface area contributed by atoms with Crippen molar-refractivity contribution in [2.75, 3.05) is 7.05 Å². The molecule has 29 heavy (non-hydrogen) atoms. The average molecular weight is 400 g/mol. The second-order valence-corrected chi connectivity index (χ2v) is 7.90. The summed E-state index contributed by atoms with van der Waals surface area (Å²) in [5.74, 6) is 0.865. The van der Waals surface area contributed by atoms with Crippen LogP contribution in [-0.4, -0.2) is 33.8 Å². The highest BCUT2D eigenvalue weighted by Crippen LogP contribution is 2.44. The zero-order chi connectivity index (χ0) is 20.4. The van der Waals surface area contributed by atoms with Crippen LogP contribution in [0.5, 0.6) is 0 Å². The average Bonchev–Trinajstić information content (AvgIpc) is 2.97. The molecule has 1 aliphatic rings. The van der Waals surface area contributed by atoms with E-state index < -0.39 is 5.54 Å². The molecular weight excluding hydrogens is 374 g/mol. The lowest BCUT2D eigenvalue weighted by Gasteiger charge is -2.36. The Morgan fingerprint density at radius 2 is 1.21 bits per heavy atom. The third-order valence-corrected chi connectivity index (χ3v) is 5.92. The lowest BCUT2D eigenvalue weighted by atomic mass is 9.82. The molecule has 146 valence electrons. The van der Waals surface area contributed by atoms with Crippen molar-refractivity contribution in [3.8, 4) is 0 Å². The fourth-order valence-corrected chi connectivity index (χ4v) is 4.76. The van der Waals surface area contributed by atoms with Crippen molar-refractivity contribution >= 4 is 28.9 Å². The monoisotopic (exact) mass is 399 g/mol. The molecule has 0 saturated carbocycles. The summed E-state index contributed by atoms with van der Waals surface area (Å²) < 4.78 is 0. The Kier molecular flexibility index (Phi) is 5.20. The molecule has 0 atom stereocenters. The van der Waals surface area contributed by atoms with Gasteiger partial charge in [0, 0.05) is 13.1 Å². The fourth-order valence-electron chi connectivity index (χ4n) is 4.09. The summed E-state index contributed by atoms with van der Waals surface area (Å²) in [6.07, 6.45) is 0. The number of hydrogen-bond acceptors (Lipinski definition) is 2. The molecule has 1 heterocycles. The maximum absolute atomic E-state index is 6.19. The van der Waals surface area contributed by atoms with Gasteiger partial charge in [-0.05, 0) is 37.1 Å². The molecule has 3 aromatic rings. The van der Waals surface area contributed by atoms with Gasteiger partial charge in [0.1, 0.15) is 10.5 Å². The van der Waals surface area contributed by atoms with E-state index in [1.165, 1.54) is 0 Å². The summed E-state index contributed by atoms with van der Waals surface area (Å²) in [6, 6.07) is 31.2. The van der Waals surface area contributed by atoms with E-state index in [1.54, 1.807) is 0 Å². The van der Waals surface area contributed by atoms with Gasteiger partial charge in [-0.2, -0.15) is 0 Å². The topological polar surface area (TPSA) is 18.8 Å². The molecule has 3 aromatic carbocycles. The smallest absolute Gasteiger partial charge is 0.208 e. The standard InChI is InChI=1S/C25H25N3S/c1-19(2)28-23(29)25(20-13-7-4-8-14-20,21-15-9-5-10-16-21)27(3)24(28)26-22-17-11-6-12-18-22/h4-19H,1-3H3. The molecule has 0 radical (unpaired) electrons. The van der Waals surface area contributed by atoms with E-state index in [0.29, 0.717) is 0 Å². The minimum atomic E-state index is -0.588. The van der Waals surface area contributed by atoms with Crippen LogP contribution in [0.2, 0.25) is 0 Å².